The first-order valence-electron chi connectivity index (χ1n) is 5.33. The molecular weight excluding hydrogens is 240 g/mol. The third-order valence-electron chi connectivity index (χ3n) is 2.17. The summed E-state index contributed by atoms with van der Waals surface area (Å²) < 4.78 is 1.79. The molecule has 7 heteroatoms. The first kappa shape index (κ1) is 11.8. The monoisotopic (exact) mass is 252 g/mol. The van der Waals surface area contributed by atoms with Crippen LogP contribution in [0.2, 0.25) is 5.28 Å². The van der Waals surface area contributed by atoms with E-state index in [0.717, 1.165) is 31.0 Å². The van der Waals surface area contributed by atoms with Crippen molar-refractivity contribution in [1.29, 1.82) is 0 Å². The number of nitrogens with one attached hydrogen (secondary N) is 1. The first-order valence-corrected chi connectivity index (χ1v) is 5.71. The molecule has 17 heavy (non-hydrogen) atoms. The van der Waals surface area contributed by atoms with E-state index in [1.807, 2.05) is 19.2 Å². The van der Waals surface area contributed by atoms with E-state index in [1.54, 1.807) is 10.9 Å². The molecule has 0 spiro atoms. The molecule has 2 aromatic heterocycles. The van der Waals surface area contributed by atoms with Crippen molar-refractivity contribution in [3.8, 4) is 0 Å². The van der Waals surface area contributed by atoms with Gasteiger partial charge in [-0.05, 0) is 24.9 Å². The maximum absolute atomic E-state index is 5.76. The number of aromatic nitrogens is 5. The summed E-state index contributed by atoms with van der Waals surface area (Å²) in [5.74, 6) is 0.751. The third-order valence-corrected chi connectivity index (χ3v) is 2.34. The zero-order valence-corrected chi connectivity index (χ0v) is 10.2. The quantitative estimate of drug-likeness (QED) is 0.646. The van der Waals surface area contributed by atoms with Gasteiger partial charge in [-0.3, -0.25) is 4.68 Å². The van der Waals surface area contributed by atoms with Crippen molar-refractivity contribution in [2.75, 3.05) is 11.9 Å². The van der Waals surface area contributed by atoms with Gasteiger partial charge < -0.3 is 5.32 Å². The number of anilines is 1. The van der Waals surface area contributed by atoms with Gasteiger partial charge in [0.2, 0.25) is 5.28 Å². The van der Waals surface area contributed by atoms with Crippen LogP contribution in [0, 0.1) is 6.92 Å². The number of aryl methyl sites for hydroxylation is 2. The van der Waals surface area contributed by atoms with Gasteiger partial charge >= 0.3 is 0 Å². The second kappa shape index (κ2) is 5.58. The SMILES string of the molecule is Cc1cc(NCCCn2ccnn2)nc(Cl)n1. The molecule has 1 N–H and O–H groups in total. The fourth-order valence-corrected chi connectivity index (χ4v) is 1.66. The van der Waals surface area contributed by atoms with Gasteiger partial charge in [-0.15, -0.1) is 5.10 Å². The molecule has 0 bridgehead atoms. The molecule has 2 heterocycles. The van der Waals surface area contributed by atoms with Gasteiger partial charge in [-0.2, -0.15) is 0 Å². The Morgan fingerprint density at radius 2 is 2.29 bits per heavy atom. The standard InChI is InChI=1S/C10H13ClN6/c1-8-7-9(15-10(11)14-8)12-3-2-5-17-6-4-13-16-17/h4,6-7H,2-3,5H2,1H3,(H,12,14,15). The molecule has 0 aliphatic carbocycles. The van der Waals surface area contributed by atoms with Crippen LogP contribution in [0.5, 0.6) is 0 Å². The number of nitrogens with zero attached hydrogens (tertiary/aromatic N) is 5. The van der Waals surface area contributed by atoms with Crippen LogP contribution in [-0.2, 0) is 6.54 Å². The number of hydrogen-bond acceptors (Lipinski definition) is 5. The molecule has 0 atom stereocenters. The Labute approximate surface area is 104 Å². The second-order valence-electron chi connectivity index (χ2n) is 3.61. The van der Waals surface area contributed by atoms with Crippen molar-refractivity contribution in [3.05, 3.63) is 29.4 Å². The molecule has 0 radical (unpaired) electrons. The minimum atomic E-state index is 0.267. The Kier molecular flexibility index (Phi) is 3.87. The first-order chi connectivity index (χ1) is 8.24. The van der Waals surface area contributed by atoms with Crippen molar-refractivity contribution in [2.24, 2.45) is 0 Å². The largest absolute Gasteiger partial charge is 0.370 e. The summed E-state index contributed by atoms with van der Waals surface area (Å²) in [5.41, 5.74) is 0.851. The van der Waals surface area contributed by atoms with Crippen molar-refractivity contribution < 1.29 is 0 Å². The van der Waals surface area contributed by atoms with E-state index >= 15 is 0 Å². The Morgan fingerprint density at radius 1 is 1.41 bits per heavy atom. The van der Waals surface area contributed by atoms with Gasteiger partial charge in [0.15, 0.2) is 0 Å². The lowest BCUT2D eigenvalue weighted by atomic mass is 10.4. The Balaban J connectivity index is 1.78. The van der Waals surface area contributed by atoms with Gasteiger partial charge in [0.05, 0.1) is 6.20 Å². The van der Waals surface area contributed by atoms with E-state index in [1.165, 1.54) is 0 Å². The minimum Gasteiger partial charge on any atom is -0.370 e. The zero-order valence-electron chi connectivity index (χ0n) is 9.47. The number of hydrogen-bond donors (Lipinski definition) is 1. The molecule has 2 aromatic rings. The smallest absolute Gasteiger partial charge is 0.224 e. The summed E-state index contributed by atoms with van der Waals surface area (Å²) in [5, 5.41) is 11.1. The summed E-state index contributed by atoms with van der Waals surface area (Å²) in [6.45, 7) is 3.51. The van der Waals surface area contributed by atoms with Crippen LogP contribution < -0.4 is 5.32 Å². The average Bonchev–Trinajstić information content (AvgIpc) is 2.76. The summed E-state index contributed by atoms with van der Waals surface area (Å²) >= 11 is 5.76. The highest BCUT2D eigenvalue weighted by Crippen LogP contribution is 2.09. The molecule has 0 aliphatic rings. The van der Waals surface area contributed by atoms with Crippen LogP contribution >= 0.6 is 11.6 Å². The highest BCUT2D eigenvalue weighted by Gasteiger charge is 1.99. The van der Waals surface area contributed by atoms with E-state index in [0.29, 0.717) is 0 Å². The molecule has 90 valence electrons. The van der Waals surface area contributed by atoms with Crippen LogP contribution in [0.15, 0.2) is 18.5 Å². The Morgan fingerprint density at radius 3 is 3.00 bits per heavy atom. The highest BCUT2D eigenvalue weighted by molar-refractivity contribution is 6.28. The maximum atomic E-state index is 5.76. The molecule has 0 aromatic carbocycles. The predicted octanol–water partition coefficient (Wildman–Crippen LogP) is 1.53. The van der Waals surface area contributed by atoms with Crippen LogP contribution in [0.4, 0.5) is 5.82 Å². The van der Waals surface area contributed by atoms with Gasteiger partial charge in [0.25, 0.3) is 0 Å². The van der Waals surface area contributed by atoms with Gasteiger partial charge in [-0.1, -0.05) is 5.21 Å². The molecule has 0 amide bonds. The minimum absolute atomic E-state index is 0.267. The fraction of sp³-hybridized carbons (Fsp3) is 0.400. The number of halogens is 1. The second-order valence-corrected chi connectivity index (χ2v) is 3.95. The molecule has 0 saturated carbocycles. The van der Waals surface area contributed by atoms with Crippen molar-refractivity contribution >= 4 is 17.4 Å². The van der Waals surface area contributed by atoms with Crippen LogP contribution in [-0.4, -0.2) is 31.5 Å². The fourth-order valence-electron chi connectivity index (χ4n) is 1.43. The topological polar surface area (TPSA) is 68.5 Å². The predicted molar refractivity (Wildman–Crippen MR) is 64.9 cm³/mol. The zero-order chi connectivity index (χ0) is 12.1. The van der Waals surface area contributed by atoms with Crippen LogP contribution in [0.3, 0.4) is 0 Å². The molecular formula is C10H13ClN6. The van der Waals surface area contributed by atoms with Crippen molar-refractivity contribution in [2.45, 2.75) is 19.9 Å². The summed E-state index contributed by atoms with van der Waals surface area (Å²) in [6.07, 6.45) is 4.44. The van der Waals surface area contributed by atoms with Gasteiger partial charge in [0, 0.05) is 31.0 Å². The molecule has 0 unspecified atom stereocenters. The van der Waals surface area contributed by atoms with Gasteiger partial charge in [0.1, 0.15) is 5.82 Å². The normalized spacial score (nSPS) is 10.5. The Bertz CT molecular complexity index is 449. The van der Waals surface area contributed by atoms with E-state index in [9.17, 15) is 0 Å². The summed E-state index contributed by atoms with van der Waals surface area (Å²) in [7, 11) is 0. The molecule has 0 saturated heterocycles. The average molecular weight is 253 g/mol. The van der Waals surface area contributed by atoms with Crippen molar-refractivity contribution in [1.82, 2.24) is 25.0 Å². The highest BCUT2D eigenvalue weighted by atomic mass is 35.5. The summed E-state index contributed by atoms with van der Waals surface area (Å²) in [4.78, 5) is 8.07. The molecule has 6 nitrogen and oxygen atoms in total. The lowest BCUT2D eigenvalue weighted by molar-refractivity contribution is 0.569. The van der Waals surface area contributed by atoms with Gasteiger partial charge in [-0.25, -0.2) is 9.97 Å². The van der Waals surface area contributed by atoms with E-state index in [-0.39, 0.29) is 5.28 Å². The molecule has 0 aliphatic heterocycles. The van der Waals surface area contributed by atoms with E-state index in [4.69, 9.17) is 11.6 Å². The lowest BCUT2D eigenvalue weighted by Crippen LogP contribution is -2.08. The summed E-state index contributed by atoms with van der Waals surface area (Å²) in [6, 6.07) is 1.86. The van der Waals surface area contributed by atoms with Crippen molar-refractivity contribution in [3.63, 3.8) is 0 Å². The lowest BCUT2D eigenvalue weighted by Gasteiger charge is -2.06. The van der Waals surface area contributed by atoms with E-state index in [2.05, 4.69) is 25.6 Å². The van der Waals surface area contributed by atoms with Crippen LogP contribution in [0.1, 0.15) is 12.1 Å². The molecule has 2 rings (SSSR count). The number of rotatable bonds is 5. The maximum Gasteiger partial charge on any atom is 0.224 e. The Hall–Kier alpha value is -1.69. The van der Waals surface area contributed by atoms with Crippen LogP contribution in [0.25, 0.3) is 0 Å². The van der Waals surface area contributed by atoms with E-state index < -0.39 is 0 Å². The molecule has 0 fully saturated rings. The third kappa shape index (κ3) is 3.67.